The number of anilines is 1. The highest BCUT2D eigenvalue weighted by Gasteiger charge is 2.39. The van der Waals surface area contributed by atoms with Gasteiger partial charge in [-0.3, -0.25) is 4.79 Å². The Morgan fingerprint density at radius 2 is 2.06 bits per heavy atom. The Hall–Kier alpha value is -1.51. The van der Waals surface area contributed by atoms with Crippen molar-refractivity contribution in [2.75, 3.05) is 12.4 Å². The van der Waals surface area contributed by atoms with Crippen LogP contribution in [0, 0.1) is 5.92 Å². The van der Waals surface area contributed by atoms with Crippen LogP contribution in [0.25, 0.3) is 0 Å². The van der Waals surface area contributed by atoms with E-state index >= 15 is 0 Å². The van der Waals surface area contributed by atoms with Gasteiger partial charge in [-0.05, 0) is 17.5 Å². The zero-order valence-corrected chi connectivity index (χ0v) is 9.86. The van der Waals surface area contributed by atoms with E-state index in [9.17, 15) is 4.79 Å². The van der Waals surface area contributed by atoms with E-state index in [0.29, 0.717) is 5.92 Å². The van der Waals surface area contributed by atoms with Gasteiger partial charge in [-0.2, -0.15) is 0 Å². The van der Waals surface area contributed by atoms with Crippen LogP contribution in [0.15, 0.2) is 24.3 Å². The van der Waals surface area contributed by atoms with Gasteiger partial charge in [0.2, 0.25) is 0 Å². The van der Waals surface area contributed by atoms with Gasteiger partial charge in [-0.15, -0.1) is 0 Å². The minimum absolute atomic E-state index is 0.129. The molecule has 0 saturated carbocycles. The molecular weight excluding hydrogens is 202 g/mol. The van der Waals surface area contributed by atoms with Gasteiger partial charge >= 0.3 is 5.97 Å². The summed E-state index contributed by atoms with van der Waals surface area (Å²) in [5.74, 6) is 0.0499. The Labute approximate surface area is 95.8 Å². The average Bonchev–Trinajstić information content (AvgIpc) is 2.67. The smallest absolute Gasteiger partial charge is 0.315 e. The first kappa shape index (κ1) is 11.0. The molecule has 1 N–H and O–H groups in total. The maximum Gasteiger partial charge on any atom is 0.315 e. The summed E-state index contributed by atoms with van der Waals surface area (Å²) in [6.07, 6.45) is 0. The number of hydrogen-bond acceptors (Lipinski definition) is 3. The van der Waals surface area contributed by atoms with E-state index in [-0.39, 0.29) is 17.9 Å². The first-order valence-corrected chi connectivity index (χ1v) is 5.58. The van der Waals surface area contributed by atoms with Gasteiger partial charge in [0.1, 0.15) is 5.92 Å². The predicted molar refractivity (Wildman–Crippen MR) is 63.4 cm³/mol. The van der Waals surface area contributed by atoms with E-state index in [1.54, 1.807) is 0 Å². The molecule has 0 saturated heterocycles. The number of hydrogen-bond donors (Lipinski definition) is 1. The Morgan fingerprint density at radius 1 is 1.38 bits per heavy atom. The third-order valence-corrected chi connectivity index (χ3v) is 3.15. The topological polar surface area (TPSA) is 38.3 Å². The second-order valence-corrected chi connectivity index (χ2v) is 4.50. The summed E-state index contributed by atoms with van der Waals surface area (Å²) in [6, 6.07) is 8.06. The van der Waals surface area contributed by atoms with Crippen LogP contribution in [-0.4, -0.2) is 19.1 Å². The zero-order chi connectivity index (χ0) is 11.7. The highest BCUT2D eigenvalue weighted by Crippen LogP contribution is 2.39. The summed E-state index contributed by atoms with van der Waals surface area (Å²) in [6.45, 7) is 4.22. The normalized spacial score (nSPS) is 22.8. The summed E-state index contributed by atoms with van der Waals surface area (Å²) >= 11 is 0. The van der Waals surface area contributed by atoms with Crippen molar-refractivity contribution in [1.82, 2.24) is 0 Å². The Bertz CT molecular complexity index is 401. The summed E-state index contributed by atoms with van der Waals surface area (Å²) < 4.78 is 4.89. The van der Waals surface area contributed by atoms with Crippen LogP contribution in [0.2, 0.25) is 0 Å². The van der Waals surface area contributed by atoms with E-state index in [4.69, 9.17) is 4.74 Å². The fraction of sp³-hybridized carbons (Fsp3) is 0.462. The average molecular weight is 219 g/mol. The van der Waals surface area contributed by atoms with Crippen LogP contribution in [0.5, 0.6) is 0 Å². The van der Waals surface area contributed by atoms with Crippen molar-refractivity contribution >= 4 is 11.7 Å². The Morgan fingerprint density at radius 3 is 2.69 bits per heavy atom. The lowest BCUT2D eigenvalue weighted by atomic mass is 9.88. The molecule has 3 nitrogen and oxygen atoms in total. The highest BCUT2D eigenvalue weighted by molar-refractivity contribution is 5.84. The number of esters is 1. The molecule has 0 amide bonds. The van der Waals surface area contributed by atoms with Crippen molar-refractivity contribution in [2.24, 2.45) is 5.92 Å². The quantitative estimate of drug-likeness (QED) is 0.776. The molecule has 0 bridgehead atoms. The molecule has 0 aliphatic carbocycles. The van der Waals surface area contributed by atoms with Crippen LogP contribution >= 0.6 is 0 Å². The third-order valence-electron chi connectivity index (χ3n) is 3.15. The van der Waals surface area contributed by atoms with Crippen LogP contribution in [-0.2, 0) is 9.53 Å². The van der Waals surface area contributed by atoms with Gasteiger partial charge in [-0.25, -0.2) is 0 Å². The van der Waals surface area contributed by atoms with Crippen molar-refractivity contribution in [3.63, 3.8) is 0 Å². The molecule has 1 aromatic rings. The highest BCUT2D eigenvalue weighted by atomic mass is 16.5. The molecule has 0 radical (unpaired) electrons. The number of carbonyl (C=O) groups excluding carboxylic acids is 1. The second-order valence-electron chi connectivity index (χ2n) is 4.50. The second kappa shape index (κ2) is 4.16. The molecule has 16 heavy (non-hydrogen) atoms. The van der Waals surface area contributed by atoms with Crippen molar-refractivity contribution in [3.05, 3.63) is 29.8 Å². The summed E-state index contributed by atoms with van der Waals surface area (Å²) in [5, 5.41) is 3.40. The number of methoxy groups -OCH3 is 1. The van der Waals surface area contributed by atoms with E-state index in [2.05, 4.69) is 19.2 Å². The standard InChI is InChI=1S/C13H17NO2/c1-8(2)12-11(13(15)16-3)9-6-4-5-7-10(9)14-12/h4-8,11-12,14H,1-3H3. The predicted octanol–water partition coefficient (Wildman–Crippen LogP) is 2.39. The minimum atomic E-state index is -0.179. The lowest BCUT2D eigenvalue weighted by Crippen LogP contribution is -2.32. The van der Waals surface area contributed by atoms with Crippen molar-refractivity contribution in [3.8, 4) is 0 Å². The molecule has 0 fully saturated rings. The summed E-state index contributed by atoms with van der Waals surface area (Å²) in [4.78, 5) is 11.8. The summed E-state index contributed by atoms with van der Waals surface area (Å²) in [7, 11) is 1.45. The molecule has 2 rings (SSSR count). The fourth-order valence-corrected chi connectivity index (χ4v) is 2.31. The van der Waals surface area contributed by atoms with E-state index in [1.165, 1.54) is 7.11 Å². The number of carbonyl (C=O) groups is 1. The van der Waals surface area contributed by atoms with Crippen LogP contribution in [0.3, 0.4) is 0 Å². The van der Waals surface area contributed by atoms with Crippen molar-refractivity contribution in [1.29, 1.82) is 0 Å². The summed E-state index contributed by atoms with van der Waals surface area (Å²) in [5.41, 5.74) is 2.10. The van der Waals surface area contributed by atoms with Crippen LogP contribution in [0.4, 0.5) is 5.69 Å². The molecule has 0 spiro atoms. The first-order chi connectivity index (χ1) is 7.65. The van der Waals surface area contributed by atoms with Crippen molar-refractivity contribution in [2.45, 2.75) is 25.8 Å². The Kier molecular flexibility index (Phi) is 2.86. The molecular formula is C13H17NO2. The minimum Gasteiger partial charge on any atom is -0.468 e. The molecule has 0 aromatic heterocycles. The number of rotatable bonds is 2. The number of nitrogens with one attached hydrogen (secondary N) is 1. The lowest BCUT2D eigenvalue weighted by Gasteiger charge is -2.21. The third kappa shape index (κ3) is 1.66. The number of para-hydroxylation sites is 1. The molecule has 1 heterocycles. The largest absolute Gasteiger partial charge is 0.468 e. The monoisotopic (exact) mass is 219 g/mol. The van der Waals surface area contributed by atoms with Crippen molar-refractivity contribution < 1.29 is 9.53 Å². The molecule has 1 aliphatic rings. The zero-order valence-electron chi connectivity index (χ0n) is 9.86. The fourth-order valence-electron chi connectivity index (χ4n) is 2.31. The number of benzene rings is 1. The van der Waals surface area contributed by atoms with Gasteiger partial charge in [0.15, 0.2) is 0 Å². The van der Waals surface area contributed by atoms with E-state index in [0.717, 1.165) is 11.3 Å². The molecule has 86 valence electrons. The SMILES string of the molecule is COC(=O)C1c2ccccc2NC1C(C)C. The first-order valence-electron chi connectivity index (χ1n) is 5.58. The van der Waals surface area contributed by atoms with Gasteiger partial charge in [0, 0.05) is 11.7 Å². The number of ether oxygens (including phenoxy) is 1. The molecule has 1 aliphatic heterocycles. The molecule has 3 heteroatoms. The van der Waals surface area contributed by atoms with Gasteiger partial charge < -0.3 is 10.1 Å². The molecule has 2 atom stereocenters. The maximum absolute atomic E-state index is 11.8. The van der Waals surface area contributed by atoms with Crippen LogP contribution < -0.4 is 5.32 Å². The van der Waals surface area contributed by atoms with Gasteiger partial charge in [-0.1, -0.05) is 32.0 Å². The van der Waals surface area contributed by atoms with Gasteiger partial charge in [0.25, 0.3) is 0 Å². The maximum atomic E-state index is 11.8. The molecule has 2 unspecified atom stereocenters. The number of fused-ring (bicyclic) bond motifs is 1. The lowest BCUT2D eigenvalue weighted by molar-refractivity contribution is -0.142. The Balaban J connectivity index is 2.40. The van der Waals surface area contributed by atoms with E-state index < -0.39 is 0 Å². The molecule has 1 aromatic carbocycles. The van der Waals surface area contributed by atoms with E-state index in [1.807, 2.05) is 24.3 Å². The van der Waals surface area contributed by atoms with Gasteiger partial charge in [0.05, 0.1) is 7.11 Å². The van der Waals surface area contributed by atoms with Crippen LogP contribution in [0.1, 0.15) is 25.3 Å².